The van der Waals surface area contributed by atoms with Crippen LogP contribution in [0.5, 0.6) is 0 Å². The molecule has 0 aromatic carbocycles. The Balaban J connectivity index is 1.56. The van der Waals surface area contributed by atoms with Gasteiger partial charge in [-0.05, 0) is 97.3 Å². The second-order valence-electron chi connectivity index (χ2n) is 9.35. The number of alkyl halides is 2. The van der Waals surface area contributed by atoms with Gasteiger partial charge in [0, 0.05) is 28.0 Å². The number of aliphatic hydroxyl groups is 1. The highest BCUT2D eigenvalue weighted by molar-refractivity contribution is 9.10. The molecule has 1 unspecified atom stereocenters. The summed E-state index contributed by atoms with van der Waals surface area (Å²) in [6, 6.07) is 7.92. The first-order valence-corrected chi connectivity index (χ1v) is 12.5. The molecule has 3 heterocycles. The summed E-state index contributed by atoms with van der Waals surface area (Å²) in [5, 5.41) is 23.5. The number of carbonyl (C=O) groups is 1. The Hall–Kier alpha value is -2.98. The number of aliphatic carboxylic acids is 1. The average Bonchev–Trinajstić information content (AvgIpc) is 2.86. The van der Waals surface area contributed by atoms with Crippen LogP contribution in [0.3, 0.4) is 0 Å². The van der Waals surface area contributed by atoms with E-state index in [9.17, 15) is 23.8 Å². The Kier molecular flexibility index (Phi) is 7.65. The van der Waals surface area contributed by atoms with Gasteiger partial charge in [-0.1, -0.05) is 0 Å². The van der Waals surface area contributed by atoms with Crippen LogP contribution in [-0.2, 0) is 10.4 Å². The van der Waals surface area contributed by atoms with E-state index in [0.29, 0.717) is 48.5 Å². The summed E-state index contributed by atoms with van der Waals surface area (Å²) in [5.74, 6) is -0.514. The first kappa shape index (κ1) is 26.1. The molecular weight excluding hydrogens is 534 g/mol. The number of aryl methyl sites for hydroxylation is 1. The molecule has 0 spiro atoms. The summed E-state index contributed by atoms with van der Waals surface area (Å²) in [6.07, 6.45) is 2.68. The van der Waals surface area contributed by atoms with Gasteiger partial charge in [-0.2, -0.15) is 0 Å². The van der Waals surface area contributed by atoms with E-state index >= 15 is 0 Å². The summed E-state index contributed by atoms with van der Waals surface area (Å²) in [4.78, 5) is 24.5. The van der Waals surface area contributed by atoms with Gasteiger partial charge in [0.05, 0.1) is 17.3 Å². The number of halogens is 3. The second kappa shape index (κ2) is 10.6. The van der Waals surface area contributed by atoms with Crippen molar-refractivity contribution in [3.63, 3.8) is 0 Å². The second-order valence-corrected chi connectivity index (χ2v) is 10.1. The minimum absolute atomic E-state index is 0.0809. The van der Waals surface area contributed by atoms with Gasteiger partial charge in [-0.25, -0.2) is 18.7 Å². The highest BCUT2D eigenvalue weighted by atomic mass is 79.9. The van der Waals surface area contributed by atoms with Crippen LogP contribution >= 0.6 is 15.9 Å². The van der Waals surface area contributed by atoms with E-state index in [-0.39, 0.29) is 23.2 Å². The molecule has 190 valence electrons. The Bertz CT molecular complexity index is 1250. The zero-order valence-electron chi connectivity index (χ0n) is 19.9. The SMILES string of the molecule is Cc1cc(Nc2cc(C(F)F)ccn2)nc(-c2ccc(C(C)(O)C3CCC(C(=O)O)CC3)nc2)c1Br. The van der Waals surface area contributed by atoms with Crippen molar-refractivity contribution in [1.29, 1.82) is 0 Å². The van der Waals surface area contributed by atoms with Crippen LogP contribution in [0.2, 0.25) is 0 Å². The fraction of sp³-hybridized carbons (Fsp3) is 0.385. The van der Waals surface area contributed by atoms with Crippen molar-refractivity contribution in [3.8, 4) is 11.3 Å². The standard InChI is InChI=1S/C26H27BrF2N4O3/c1-14-11-21(32-20-12-16(24(28)29)9-10-30-20)33-23(22(14)27)17-5-8-19(31-13-17)26(2,36)18-6-3-15(4-7-18)25(34)35/h5,8-13,15,18,24,36H,3-4,6-7H2,1-2H3,(H,34,35)(H,30,32,33). The molecule has 1 atom stereocenters. The van der Waals surface area contributed by atoms with E-state index in [2.05, 4.69) is 36.2 Å². The largest absolute Gasteiger partial charge is 0.481 e. The molecule has 0 bridgehead atoms. The normalized spacial score (nSPS) is 19.6. The number of hydrogen-bond donors (Lipinski definition) is 3. The van der Waals surface area contributed by atoms with Gasteiger partial charge in [0.15, 0.2) is 0 Å². The maximum atomic E-state index is 13.0. The molecule has 0 aliphatic heterocycles. The van der Waals surface area contributed by atoms with Gasteiger partial charge < -0.3 is 15.5 Å². The maximum Gasteiger partial charge on any atom is 0.306 e. The number of hydrogen-bond acceptors (Lipinski definition) is 6. The molecule has 10 heteroatoms. The van der Waals surface area contributed by atoms with Gasteiger partial charge in [0.2, 0.25) is 0 Å². The van der Waals surface area contributed by atoms with Crippen molar-refractivity contribution in [2.24, 2.45) is 11.8 Å². The van der Waals surface area contributed by atoms with Gasteiger partial charge in [0.1, 0.15) is 17.2 Å². The minimum atomic E-state index is -2.60. The summed E-state index contributed by atoms with van der Waals surface area (Å²) >= 11 is 3.57. The topological polar surface area (TPSA) is 108 Å². The first-order valence-electron chi connectivity index (χ1n) is 11.7. The Morgan fingerprint density at radius 2 is 1.86 bits per heavy atom. The molecule has 1 fully saturated rings. The van der Waals surface area contributed by atoms with Crippen LogP contribution in [-0.4, -0.2) is 31.1 Å². The third kappa shape index (κ3) is 5.54. The predicted molar refractivity (Wildman–Crippen MR) is 135 cm³/mol. The van der Waals surface area contributed by atoms with Crippen LogP contribution in [0.1, 0.15) is 55.9 Å². The third-order valence-corrected chi connectivity index (χ3v) is 7.86. The highest BCUT2D eigenvalue weighted by Gasteiger charge is 2.39. The Morgan fingerprint density at radius 1 is 1.14 bits per heavy atom. The molecule has 36 heavy (non-hydrogen) atoms. The number of nitrogens with zero attached hydrogens (tertiary/aromatic N) is 3. The Labute approximate surface area is 216 Å². The number of pyridine rings is 3. The summed E-state index contributed by atoms with van der Waals surface area (Å²) in [6.45, 7) is 3.62. The van der Waals surface area contributed by atoms with Crippen molar-refractivity contribution in [1.82, 2.24) is 15.0 Å². The van der Waals surface area contributed by atoms with Gasteiger partial charge >= 0.3 is 5.97 Å². The van der Waals surface area contributed by atoms with Crippen molar-refractivity contribution < 1.29 is 23.8 Å². The smallest absolute Gasteiger partial charge is 0.306 e. The molecular formula is C26H27BrF2N4O3. The number of rotatable bonds is 7. The minimum Gasteiger partial charge on any atom is -0.481 e. The third-order valence-electron chi connectivity index (χ3n) is 6.86. The number of nitrogens with one attached hydrogen (secondary N) is 1. The van der Waals surface area contributed by atoms with E-state index in [4.69, 9.17) is 0 Å². The molecule has 0 amide bonds. The lowest BCUT2D eigenvalue weighted by molar-refractivity contribution is -0.144. The van der Waals surface area contributed by atoms with E-state index in [0.717, 1.165) is 10.0 Å². The molecule has 4 rings (SSSR count). The fourth-order valence-electron chi connectivity index (χ4n) is 4.64. The lowest BCUT2D eigenvalue weighted by Crippen LogP contribution is -2.36. The predicted octanol–water partition coefficient (Wildman–Crippen LogP) is 6.39. The lowest BCUT2D eigenvalue weighted by atomic mass is 9.73. The highest BCUT2D eigenvalue weighted by Crippen LogP contribution is 2.41. The van der Waals surface area contributed by atoms with E-state index in [1.807, 2.05) is 13.0 Å². The summed E-state index contributed by atoms with van der Waals surface area (Å²) in [7, 11) is 0. The van der Waals surface area contributed by atoms with Crippen LogP contribution in [0.25, 0.3) is 11.3 Å². The maximum absolute atomic E-state index is 13.0. The Morgan fingerprint density at radius 3 is 2.47 bits per heavy atom. The molecule has 0 radical (unpaired) electrons. The quantitative estimate of drug-likeness (QED) is 0.307. The molecule has 3 aromatic rings. The zero-order valence-corrected chi connectivity index (χ0v) is 21.5. The molecule has 1 saturated carbocycles. The molecule has 0 saturated heterocycles. The number of aromatic nitrogens is 3. The monoisotopic (exact) mass is 560 g/mol. The lowest BCUT2D eigenvalue weighted by Gasteiger charge is -2.36. The van der Waals surface area contributed by atoms with E-state index in [1.165, 1.54) is 18.3 Å². The molecule has 3 aromatic heterocycles. The fourth-order valence-corrected chi connectivity index (χ4v) is 5.07. The number of carboxylic acids is 1. The number of anilines is 2. The van der Waals surface area contributed by atoms with E-state index in [1.54, 1.807) is 25.3 Å². The van der Waals surface area contributed by atoms with Crippen molar-refractivity contribution in [2.45, 2.75) is 51.6 Å². The number of carboxylic acid groups (broad SMARTS) is 1. The summed E-state index contributed by atoms with van der Waals surface area (Å²) in [5.41, 5.74) is 1.37. The van der Waals surface area contributed by atoms with Gasteiger partial charge in [-0.15, -0.1) is 0 Å². The molecule has 7 nitrogen and oxygen atoms in total. The van der Waals surface area contributed by atoms with Gasteiger partial charge in [-0.3, -0.25) is 9.78 Å². The molecule has 1 aliphatic carbocycles. The average molecular weight is 561 g/mol. The van der Waals surface area contributed by atoms with Crippen LogP contribution < -0.4 is 5.32 Å². The van der Waals surface area contributed by atoms with Crippen molar-refractivity contribution >= 4 is 33.5 Å². The van der Waals surface area contributed by atoms with Crippen LogP contribution in [0.15, 0.2) is 47.2 Å². The van der Waals surface area contributed by atoms with Crippen molar-refractivity contribution in [2.75, 3.05) is 5.32 Å². The molecule has 1 aliphatic rings. The van der Waals surface area contributed by atoms with Crippen LogP contribution in [0.4, 0.5) is 20.4 Å². The first-order chi connectivity index (χ1) is 17.1. The zero-order chi connectivity index (χ0) is 26.0. The van der Waals surface area contributed by atoms with Gasteiger partial charge in [0.25, 0.3) is 6.43 Å². The molecule has 3 N–H and O–H groups in total. The van der Waals surface area contributed by atoms with Crippen molar-refractivity contribution in [3.05, 3.63) is 64.0 Å². The van der Waals surface area contributed by atoms with Crippen LogP contribution in [0, 0.1) is 18.8 Å². The summed E-state index contributed by atoms with van der Waals surface area (Å²) < 4.78 is 26.9. The van der Waals surface area contributed by atoms with E-state index < -0.39 is 18.0 Å².